The van der Waals surface area contributed by atoms with E-state index in [9.17, 15) is 4.21 Å². The van der Waals surface area contributed by atoms with Gasteiger partial charge >= 0.3 is 0 Å². The predicted molar refractivity (Wildman–Crippen MR) is 78.3 cm³/mol. The van der Waals surface area contributed by atoms with E-state index >= 15 is 0 Å². The Morgan fingerprint density at radius 3 is 2.56 bits per heavy atom. The van der Waals surface area contributed by atoms with Gasteiger partial charge in [-0.15, -0.1) is 0 Å². The van der Waals surface area contributed by atoms with E-state index < -0.39 is 10.8 Å². The number of hydrogen-bond acceptors (Lipinski definition) is 2. The molecule has 0 radical (unpaired) electrons. The van der Waals surface area contributed by atoms with E-state index in [-0.39, 0.29) is 0 Å². The summed E-state index contributed by atoms with van der Waals surface area (Å²) in [5.74, 6) is 1.75. The van der Waals surface area contributed by atoms with Gasteiger partial charge in [0.25, 0.3) is 0 Å². The lowest BCUT2D eigenvalue weighted by Crippen LogP contribution is -2.42. The van der Waals surface area contributed by atoms with Crippen molar-refractivity contribution in [2.75, 3.05) is 11.5 Å². The molecule has 1 N–H and O–H groups in total. The molecule has 2 nitrogen and oxygen atoms in total. The molecular weight excluding hydrogens is 242 g/mol. The Morgan fingerprint density at radius 1 is 1.28 bits per heavy atom. The van der Waals surface area contributed by atoms with Gasteiger partial charge in [0, 0.05) is 34.4 Å². The molecule has 1 fully saturated rings. The minimum Gasteiger partial charge on any atom is -0.311 e. The Bertz CT molecular complexity index is 369. The molecule has 1 aromatic carbocycles. The molecule has 1 aliphatic rings. The summed E-state index contributed by atoms with van der Waals surface area (Å²) in [4.78, 5) is 0. The molecule has 1 atom stereocenters. The van der Waals surface area contributed by atoms with Gasteiger partial charge in [-0.2, -0.15) is 0 Å². The Morgan fingerprint density at radius 2 is 1.94 bits per heavy atom. The van der Waals surface area contributed by atoms with Crippen LogP contribution in [0.25, 0.3) is 0 Å². The van der Waals surface area contributed by atoms with Crippen molar-refractivity contribution in [1.82, 2.24) is 5.32 Å². The van der Waals surface area contributed by atoms with E-state index in [4.69, 9.17) is 0 Å². The fourth-order valence-corrected chi connectivity index (χ4v) is 3.81. The van der Waals surface area contributed by atoms with Crippen LogP contribution < -0.4 is 5.32 Å². The van der Waals surface area contributed by atoms with Crippen LogP contribution in [0.2, 0.25) is 0 Å². The molecule has 100 valence electrons. The zero-order chi connectivity index (χ0) is 12.8. The molecule has 0 aliphatic carbocycles. The summed E-state index contributed by atoms with van der Waals surface area (Å²) in [6.07, 6.45) is 4.38. The zero-order valence-electron chi connectivity index (χ0n) is 11.1. The number of nitrogens with one attached hydrogen (secondary N) is 1. The Kier molecular flexibility index (Phi) is 5.39. The van der Waals surface area contributed by atoms with Crippen molar-refractivity contribution in [3.63, 3.8) is 0 Å². The second-order valence-electron chi connectivity index (χ2n) is 5.08. The first-order chi connectivity index (χ1) is 8.78. The van der Waals surface area contributed by atoms with E-state index in [2.05, 4.69) is 42.6 Å². The third-order valence-corrected chi connectivity index (χ3v) is 5.06. The topological polar surface area (TPSA) is 29.1 Å². The standard InChI is InChI=1S/C15H23NOS/c1-2-14(12-13-6-4-3-5-7-13)16-15-8-10-18(17)11-9-15/h3-7,14-16H,2,8-12H2,1H3. The maximum absolute atomic E-state index is 11.3. The SMILES string of the molecule is CCC(Cc1ccccc1)NC1CCS(=O)CC1. The third-order valence-electron chi connectivity index (χ3n) is 3.68. The molecule has 1 aliphatic heterocycles. The fraction of sp³-hybridized carbons (Fsp3) is 0.600. The lowest BCUT2D eigenvalue weighted by molar-refractivity contribution is 0.393. The van der Waals surface area contributed by atoms with Gasteiger partial charge in [-0.05, 0) is 31.2 Å². The van der Waals surface area contributed by atoms with Crippen LogP contribution in [0.4, 0.5) is 0 Å². The second-order valence-corrected chi connectivity index (χ2v) is 6.78. The highest BCUT2D eigenvalue weighted by Crippen LogP contribution is 2.13. The van der Waals surface area contributed by atoms with Crippen molar-refractivity contribution < 1.29 is 4.21 Å². The fourth-order valence-electron chi connectivity index (χ4n) is 2.51. The highest BCUT2D eigenvalue weighted by atomic mass is 32.2. The van der Waals surface area contributed by atoms with Crippen molar-refractivity contribution in [2.24, 2.45) is 0 Å². The largest absolute Gasteiger partial charge is 0.311 e. The summed E-state index contributed by atoms with van der Waals surface area (Å²) in [7, 11) is -0.556. The minimum atomic E-state index is -0.556. The number of rotatable bonds is 5. The first kappa shape index (κ1) is 13.8. The van der Waals surface area contributed by atoms with Crippen LogP contribution in [0.15, 0.2) is 30.3 Å². The van der Waals surface area contributed by atoms with Crippen LogP contribution in [-0.2, 0) is 17.2 Å². The van der Waals surface area contributed by atoms with Crippen molar-refractivity contribution in [3.05, 3.63) is 35.9 Å². The van der Waals surface area contributed by atoms with Gasteiger partial charge < -0.3 is 5.32 Å². The predicted octanol–water partition coefficient (Wildman–Crippen LogP) is 2.51. The molecule has 0 aromatic heterocycles. The molecule has 3 heteroatoms. The zero-order valence-corrected chi connectivity index (χ0v) is 11.9. The first-order valence-electron chi connectivity index (χ1n) is 6.93. The number of hydrogen-bond donors (Lipinski definition) is 1. The van der Waals surface area contributed by atoms with E-state index in [0.29, 0.717) is 12.1 Å². The summed E-state index contributed by atoms with van der Waals surface area (Å²) < 4.78 is 11.3. The van der Waals surface area contributed by atoms with Crippen molar-refractivity contribution in [2.45, 2.75) is 44.7 Å². The molecule has 0 bridgehead atoms. The van der Waals surface area contributed by atoms with Crippen LogP contribution >= 0.6 is 0 Å². The smallest absolute Gasteiger partial charge is 0.0249 e. The molecule has 1 heterocycles. The third kappa shape index (κ3) is 4.21. The normalized spacial score (nSPS) is 25.8. The lowest BCUT2D eigenvalue weighted by Gasteiger charge is -2.27. The lowest BCUT2D eigenvalue weighted by atomic mass is 10.0. The maximum Gasteiger partial charge on any atom is 0.0249 e. The summed E-state index contributed by atoms with van der Waals surface area (Å²) in [6.45, 7) is 2.24. The van der Waals surface area contributed by atoms with Crippen LogP contribution in [0.3, 0.4) is 0 Å². The van der Waals surface area contributed by atoms with Crippen LogP contribution in [0.1, 0.15) is 31.7 Å². The summed E-state index contributed by atoms with van der Waals surface area (Å²) in [5.41, 5.74) is 1.40. The molecule has 0 spiro atoms. The van der Waals surface area contributed by atoms with Crippen molar-refractivity contribution in [1.29, 1.82) is 0 Å². The van der Waals surface area contributed by atoms with Crippen molar-refractivity contribution in [3.8, 4) is 0 Å². The van der Waals surface area contributed by atoms with E-state index in [1.54, 1.807) is 0 Å². The van der Waals surface area contributed by atoms with Gasteiger partial charge in [-0.25, -0.2) is 0 Å². The summed E-state index contributed by atoms with van der Waals surface area (Å²) >= 11 is 0. The average molecular weight is 265 g/mol. The highest BCUT2D eigenvalue weighted by molar-refractivity contribution is 7.85. The molecular formula is C15H23NOS. The van der Waals surface area contributed by atoms with E-state index in [0.717, 1.165) is 37.2 Å². The number of benzene rings is 1. The molecule has 1 aromatic rings. The monoisotopic (exact) mass is 265 g/mol. The molecule has 2 rings (SSSR count). The molecule has 0 saturated carbocycles. The first-order valence-corrected chi connectivity index (χ1v) is 8.41. The van der Waals surface area contributed by atoms with Gasteiger partial charge in [0.1, 0.15) is 0 Å². The average Bonchev–Trinajstić information content (AvgIpc) is 2.41. The van der Waals surface area contributed by atoms with Crippen LogP contribution in [0, 0.1) is 0 Å². The van der Waals surface area contributed by atoms with Gasteiger partial charge in [-0.3, -0.25) is 4.21 Å². The Labute approximate surface area is 113 Å². The minimum absolute atomic E-state index is 0.545. The molecule has 0 amide bonds. The maximum atomic E-state index is 11.3. The quantitative estimate of drug-likeness (QED) is 0.886. The van der Waals surface area contributed by atoms with E-state index in [1.165, 1.54) is 5.56 Å². The highest BCUT2D eigenvalue weighted by Gasteiger charge is 2.20. The van der Waals surface area contributed by atoms with E-state index in [1.807, 2.05) is 0 Å². The van der Waals surface area contributed by atoms with Gasteiger partial charge in [-0.1, -0.05) is 37.3 Å². The Balaban J connectivity index is 1.84. The summed E-state index contributed by atoms with van der Waals surface area (Å²) in [5, 5.41) is 3.74. The molecule has 18 heavy (non-hydrogen) atoms. The van der Waals surface area contributed by atoms with Gasteiger partial charge in [0.15, 0.2) is 0 Å². The molecule has 1 saturated heterocycles. The van der Waals surface area contributed by atoms with Gasteiger partial charge in [0.2, 0.25) is 0 Å². The molecule has 1 unspecified atom stereocenters. The summed E-state index contributed by atoms with van der Waals surface area (Å²) in [6, 6.07) is 11.8. The van der Waals surface area contributed by atoms with Gasteiger partial charge in [0.05, 0.1) is 0 Å². The van der Waals surface area contributed by atoms with Crippen LogP contribution in [-0.4, -0.2) is 27.8 Å². The second kappa shape index (κ2) is 7.05. The Hall–Kier alpha value is -0.670. The van der Waals surface area contributed by atoms with Crippen molar-refractivity contribution >= 4 is 10.8 Å². The van der Waals surface area contributed by atoms with Crippen LogP contribution in [0.5, 0.6) is 0 Å².